The number of aromatic nitrogens is 1. The highest BCUT2D eigenvalue weighted by Gasteiger charge is 2.33. The predicted octanol–water partition coefficient (Wildman–Crippen LogP) is 2.88. The summed E-state index contributed by atoms with van der Waals surface area (Å²) in [7, 11) is -1.49. The van der Waals surface area contributed by atoms with Crippen molar-refractivity contribution >= 4 is 38.7 Å². The molecule has 2 aromatic rings. The van der Waals surface area contributed by atoms with E-state index in [1.807, 2.05) is 0 Å². The van der Waals surface area contributed by atoms with Gasteiger partial charge in [0.25, 0.3) is 5.91 Å². The van der Waals surface area contributed by atoms with Gasteiger partial charge in [0.1, 0.15) is 5.82 Å². The number of carbonyl (C=O) groups excluding carboxylic acids is 1. The Bertz CT molecular complexity index is 952. The Morgan fingerprint density at radius 3 is 2.73 bits per heavy atom. The van der Waals surface area contributed by atoms with Gasteiger partial charge in [0, 0.05) is 25.0 Å². The molecule has 3 rings (SSSR count). The van der Waals surface area contributed by atoms with E-state index in [1.165, 1.54) is 35.5 Å². The Labute approximate surface area is 155 Å². The summed E-state index contributed by atoms with van der Waals surface area (Å²) in [5.74, 6) is -0.748. The lowest BCUT2D eigenvalue weighted by atomic mass is 10.2. The van der Waals surface area contributed by atoms with E-state index in [0.29, 0.717) is 23.4 Å². The highest BCUT2D eigenvalue weighted by atomic mass is 35.5. The number of pyridine rings is 1. The number of rotatable bonds is 4. The number of nitrogens with one attached hydrogen (secondary N) is 1. The zero-order valence-corrected chi connectivity index (χ0v) is 15.5. The van der Waals surface area contributed by atoms with Crippen molar-refractivity contribution in [3.8, 4) is 0 Å². The number of anilines is 2. The van der Waals surface area contributed by atoms with E-state index in [0.717, 1.165) is 0 Å². The van der Waals surface area contributed by atoms with Crippen molar-refractivity contribution in [1.29, 1.82) is 0 Å². The minimum Gasteiger partial charge on any atom is -0.354 e. The summed E-state index contributed by atoms with van der Waals surface area (Å²) >= 11 is 5.76. The molecule has 0 bridgehead atoms. The van der Waals surface area contributed by atoms with Crippen molar-refractivity contribution in [2.75, 3.05) is 23.9 Å². The summed E-state index contributed by atoms with van der Waals surface area (Å²) in [5, 5.41) is 2.99. The van der Waals surface area contributed by atoms with Crippen LogP contribution in [-0.4, -0.2) is 48.8 Å². The van der Waals surface area contributed by atoms with Gasteiger partial charge in [-0.2, -0.15) is 0 Å². The summed E-state index contributed by atoms with van der Waals surface area (Å²) in [5.41, 5.74) is 1.42. The molecule has 1 N–H and O–H groups in total. The van der Waals surface area contributed by atoms with Crippen LogP contribution in [-0.2, 0) is 9.84 Å². The Balaban J connectivity index is 1.76. The lowest BCUT2D eigenvalue weighted by Gasteiger charge is -2.23. The molecule has 1 amide bonds. The minimum atomic E-state index is -3.08. The first-order chi connectivity index (χ1) is 12.2. The van der Waals surface area contributed by atoms with Gasteiger partial charge in [0.2, 0.25) is 0 Å². The normalized spacial score (nSPS) is 18.5. The van der Waals surface area contributed by atoms with E-state index in [-0.39, 0.29) is 28.5 Å². The molecule has 1 aromatic carbocycles. The molecule has 1 saturated heterocycles. The molecule has 0 radical (unpaired) electrons. The van der Waals surface area contributed by atoms with Crippen LogP contribution in [0, 0.1) is 5.82 Å². The van der Waals surface area contributed by atoms with Gasteiger partial charge in [-0.25, -0.2) is 12.8 Å². The van der Waals surface area contributed by atoms with E-state index < -0.39 is 15.7 Å². The highest BCUT2D eigenvalue weighted by molar-refractivity contribution is 7.91. The van der Waals surface area contributed by atoms with Crippen LogP contribution in [0.4, 0.5) is 15.8 Å². The van der Waals surface area contributed by atoms with Gasteiger partial charge in [-0.3, -0.25) is 9.78 Å². The molecule has 26 heavy (non-hydrogen) atoms. The van der Waals surface area contributed by atoms with Crippen molar-refractivity contribution in [2.24, 2.45) is 0 Å². The van der Waals surface area contributed by atoms with Gasteiger partial charge in [0.05, 0.1) is 34.0 Å². The molecule has 1 aliphatic rings. The Morgan fingerprint density at radius 1 is 1.31 bits per heavy atom. The first kappa shape index (κ1) is 18.6. The number of hydrogen-bond acceptors (Lipinski definition) is 5. The third-order valence-corrected chi connectivity index (χ3v) is 6.31. The molecule has 0 saturated carbocycles. The Kier molecular flexibility index (Phi) is 5.15. The number of sulfone groups is 1. The summed E-state index contributed by atoms with van der Waals surface area (Å²) in [4.78, 5) is 18.1. The van der Waals surface area contributed by atoms with Gasteiger partial charge >= 0.3 is 0 Å². The third kappa shape index (κ3) is 4.13. The van der Waals surface area contributed by atoms with E-state index >= 15 is 0 Å². The highest BCUT2D eigenvalue weighted by Crippen LogP contribution is 2.24. The molecule has 0 spiro atoms. The summed E-state index contributed by atoms with van der Waals surface area (Å²) in [6.45, 7) is 0. The first-order valence-electron chi connectivity index (χ1n) is 7.90. The second kappa shape index (κ2) is 7.20. The van der Waals surface area contributed by atoms with Crippen LogP contribution in [0.2, 0.25) is 5.02 Å². The molecule has 1 unspecified atom stereocenters. The Morgan fingerprint density at radius 2 is 2.08 bits per heavy atom. The molecular weight excluding hydrogens is 381 g/mol. The number of carbonyl (C=O) groups is 1. The predicted molar refractivity (Wildman–Crippen MR) is 98.1 cm³/mol. The van der Waals surface area contributed by atoms with Crippen LogP contribution in [0.3, 0.4) is 0 Å². The molecule has 6 nitrogen and oxygen atoms in total. The molecule has 138 valence electrons. The molecule has 1 fully saturated rings. The fourth-order valence-electron chi connectivity index (χ4n) is 2.82. The average Bonchev–Trinajstić information content (AvgIpc) is 2.97. The average molecular weight is 398 g/mol. The van der Waals surface area contributed by atoms with E-state index in [4.69, 9.17) is 11.6 Å². The van der Waals surface area contributed by atoms with Crippen LogP contribution in [0.25, 0.3) is 0 Å². The molecule has 1 aromatic heterocycles. The molecule has 9 heteroatoms. The first-order valence-corrected chi connectivity index (χ1v) is 10.1. The molecular formula is C17H17ClFN3O3S. The van der Waals surface area contributed by atoms with Gasteiger partial charge in [-0.15, -0.1) is 0 Å². The monoisotopic (exact) mass is 397 g/mol. The SMILES string of the molecule is CN(C(=O)c1cncc(Nc2ccc(F)c(Cl)c2)c1)C1CCS(=O)(=O)C1. The van der Waals surface area contributed by atoms with E-state index in [9.17, 15) is 17.6 Å². The zero-order chi connectivity index (χ0) is 18.9. The topological polar surface area (TPSA) is 79.4 Å². The number of halogens is 2. The van der Waals surface area contributed by atoms with Crippen molar-refractivity contribution in [1.82, 2.24) is 9.88 Å². The van der Waals surface area contributed by atoms with Gasteiger partial charge in [-0.05, 0) is 30.7 Å². The standard InChI is InChI=1S/C17H17ClFN3O3S/c1-22(14-4-5-26(24,25)10-14)17(23)11-6-13(9-20-8-11)21-12-2-3-16(19)15(18)7-12/h2-3,6-9,14,21H,4-5,10H2,1H3. The third-order valence-electron chi connectivity index (χ3n) is 4.27. The van der Waals surface area contributed by atoms with Crippen LogP contribution in [0.5, 0.6) is 0 Å². The number of nitrogens with zero attached hydrogens (tertiary/aromatic N) is 2. The maximum absolute atomic E-state index is 13.2. The quantitative estimate of drug-likeness (QED) is 0.858. The van der Waals surface area contributed by atoms with Crippen molar-refractivity contribution in [3.05, 3.63) is 53.1 Å². The second-order valence-corrected chi connectivity index (χ2v) is 8.83. The largest absolute Gasteiger partial charge is 0.354 e. The molecule has 2 heterocycles. The number of benzene rings is 1. The van der Waals surface area contributed by atoms with Crippen LogP contribution >= 0.6 is 11.6 Å². The van der Waals surface area contributed by atoms with E-state index in [1.54, 1.807) is 13.1 Å². The minimum absolute atomic E-state index is 0.0163. The molecule has 0 aliphatic carbocycles. The lowest BCUT2D eigenvalue weighted by Crippen LogP contribution is -2.37. The fraction of sp³-hybridized carbons (Fsp3) is 0.294. The summed E-state index contributed by atoms with van der Waals surface area (Å²) in [6.07, 6.45) is 3.38. The van der Waals surface area contributed by atoms with Crippen molar-refractivity contribution in [3.63, 3.8) is 0 Å². The maximum atomic E-state index is 13.2. The van der Waals surface area contributed by atoms with Crippen LogP contribution < -0.4 is 5.32 Å². The van der Waals surface area contributed by atoms with Crippen molar-refractivity contribution in [2.45, 2.75) is 12.5 Å². The summed E-state index contributed by atoms with van der Waals surface area (Å²) < 4.78 is 36.5. The van der Waals surface area contributed by atoms with Gasteiger partial charge in [0.15, 0.2) is 9.84 Å². The molecule has 1 aliphatic heterocycles. The van der Waals surface area contributed by atoms with Crippen LogP contribution in [0.1, 0.15) is 16.8 Å². The summed E-state index contributed by atoms with van der Waals surface area (Å²) in [6, 6.07) is 5.46. The molecule has 1 atom stereocenters. The van der Waals surface area contributed by atoms with E-state index in [2.05, 4.69) is 10.3 Å². The number of amides is 1. The Hall–Kier alpha value is -2.19. The number of hydrogen-bond donors (Lipinski definition) is 1. The second-order valence-electron chi connectivity index (χ2n) is 6.19. The van der Waals surface area contributed by atoms with Gasteiger partial charge in [-0.1, -0.05) is 11.6 Å². The fourth-order valence-corrected chi connectivity index (χ4v) is 4.77. The smallest absolute Gasteiger partial charge is 0.255 e. The lowest BCUT2D eigenvalue weighted by molar-refractivity contribution is 0.0747. The van der Waals surface area contributed by atoms with Crippen molar-refractivity contribution < 1.29 is 17.6 Å². The van der Waals surface area contributed by atoms with Gasteiger partial charge < -0.3 is 10.2 Å². The zero-order valence-electron chi connectivity index (χ0n) is 13.9. The van der Waals surface area contributed by atoms with Crippen LogP contribution in [0.15, 0.2) is 36.7 Å². The maximum Gasteiger partial charge on any atom is 0.255 e.